The lowest BCUT2D eigenvalue weighted by molar-refractivity contribution is -0.120. The van der Waals surface area contributed by atoms with Crippen LogP contribution in [-0.4, -0.2) is 16.6 Å². The van der Waals surface area contributed by atoms with Crippen molar-refractivity contribution in [3.8, 4) is 0 Å². The Balaban J connectivity index is 2.02. The Hall–Kier alpha value is -2.68. The fourth-order valence-corrected chi connectivity index (χ4v) is 2.82. The van der Waals surface area contributed by atoms with Gasteiger partial charge in [-0.1, -0.05) is 55.5 Å². The molecule has 2 atom stereocenters. The Morgan fingerprint density at radius 1 is 0.955 bits per heavy atom. The first-order chi connectivity index (χ1) is 10.7. The monoisotopic (exact) mass is 291 g/mol. The molecule has 0 aromatic heterocycles. The minimum Gasteiger partial charge on any atom is -0.307 e. The fraction of sp³-hybridized carbons (Fsp3) is 0.158. The van der Waals surface area contributed by atoms with Gasteiger partial charge in [-0.2, -0.15) is 0 Å². The molecular formula is C19H17NO2. The van der Waals surface area contributed by atoms with Gasteiger partial charge in [-0.15, -0.1) is 0 Å². The van der Waals surface area contributed by atoms with Crippen LogP contribution in [-0.2, 0) is 4.79 Å². The lowest BCUT2D eigenvalue weighted by Crippen LogP contribution is -2.39. The zero-order valence-corrected chi connectivity index (χ0v) is 12.3. The van der Waals surface area contributed by atoms with E-state index < -0.39 is 0 Å². The van der Waals surface area contributed by atoms with Gasteiger partial charge in [0.15, 0.2) is 5.78 Å². The van der Waals surface area contributed by atoms with Gasteiger partial charge in [-0.25, -0.2) is 0 Å². The predicted octanol–water partition coefficient (Wildman–Crippen LogP) is 3.60. The Kier molecular flexibility index (Phi) is 3.88. The van der Waals surface area contributed by atoms with Crippen LogP contribution in [0.3, 0.4) is 0 Å². The molecule has 3 nitrogen and oxygen atoms in total. The van der Waals surface area contributed by atoms with Crippen LogP contribution in [0.1, 0.15) is 28.9 Å². The van der Waals surface area contributed by atoms with E-state index in [9.17, 15) is 9.59 Å². The van der Waals surface area contributed by atoms with Crippen molar-refractivity contribution in [2.75, 3.05) is 0 Å². The van der Waals surface area contributed by atoms with Gasteiger partial charge in [0, 0.05) is 17.7 Å². The van der Waals surface area contributed by atoms with Crippen LogP contribution in [0, 0.1) is 5.92 Å². The van der Waals surface area contributed by atoms with E-state index in [2.05, 4.69) is 0 Å². The van der Waals surface area contributed by atoms with Crippen molar-refractivity contribution < 1.29 is 9.59 Å². The molecule has 1 amide bonds. The summed E-state index contributed by atoms with van der Waals surface area (Å²) in [4.78, 5) is 26.5. The molecule has 22 heavy (non-hydrogen) atoms. The van der Waals surface area contributed by atoms with Crippen LogP contribution in [0.2, 0.25) is 0 Å². The van der Waals surface area contributed by atoms with Crippen molar-refractivity contribution in [2.45, 2.75) is 13.0 Å². The Morgan fingerprint density at radius 3 is 2.18 bits per heavy atom. The van der Waals surface area contributed by atoms with Crippen LogP contribution in [0.5, 0.6) is 0 Å². The number of hydrogen-bond donors (Lipinski definition) is 0. The SMILES string of the molecule is C[C@@H]1C(=O)C=CN(C(=O)c2ccccc2)[C@H]1c1ccccc1. The van der Waals surface area contributed by atoms with Crippen LogP contribution < -0.4 is 0 Å². The average molecular weight is 291 g/mol. The third-order valence-corrected chi connectivity index (χ3v) is 4.02. The number of rotatable bonds is 2. The highest BCUT2D eigenvalue weighted by atomic mass is 16.2. The molecule has 0 radical (unpaired) electrons. The van der Waals surface area contributed by atoms with E-state index in [-0.39, 0.29) is 23.7 Å². The standard InChI is InChI=1S/C19H17NO2/c1-14-17(21)12-13-20(18(14)15-8-4-2-5-9-15)19(22)16-10-6-3-7-11-16/h2-14,18H,1H3/t14-,18-/m1/s1. The third kappa shape index (κ3) is 2.58. The second-order valence-electron chi connectivity index (χ2n) is 5.44. The Morgan fingerprint density at radius 2 is 1.55 bits per heavy atom. The van der Waals surface area contributed by atoms with Crippen molar-refractivity contribution in [3.63, 3.8) is 0 Å². The van der Waals surface area contributed by atoms with Crippen LogP contribution in [0.15, 0.2) is 72.9 Å². The molecule has 0 spiro atoms. The average Bonchev–Trinajstić information content (AvgIpc) is 2.58. The van der Waals surface area contributed by atoms with E-state index in [4.69, 9.17) is 0 Å². The minimum atomic E-state index is -0.272. The highest BCUT2D eigenvalue weighted by Crippen LogP contribution is 2.34. The van der Waals surface area contributed by atoms with Gasteiger partial charge in [-0.3, -0.25) is 9.59 Å². The molecule has 0 saturated carbocycles. The molecule has 0 fully saturated rings. The summed E-state index contributed by atoms with van der Waals surface area (Å²) in [5.41, 5.74) is 1.59. The quantitative estimate of drug-likeness (QED) is 0.847. The molecule has 1 heterocycles. The number of hydrogen-bond acceptors (Lipinski definition) is 2. The molecule has 0 saturated heterocycles. The molecule has 1 aliphatic rings. The molecule has 1 aliphatic heterocycles. The number of nitrogens with zero attached hydrogens (tertiary/aromatic N) is 1. The fourth-order valence-electron chi connectivity index (χ4n) is 2.82. The van der Waals surface area contributed by atoms with E-state index in [1.807, 2.05) is 55.5 Å². The molecule has 2 aromatic carbocycles. The number of benzene rings is 2. The van der Waals surface area contributed by atoms with Crippen molar-refractivity contribution >= 4 is 11.7 Å². The number of allylic oxidation sites excluding steroid dienone is 1. The maximum atomic E-state index is 12.8. The summed E-state index contributed by atoms with van der Waals surface area (Å²) in [5, 5.41) is 0. The number of carbonyl (C=O) groups is 2. The summed E-state index contributed by atoms with van der Waals surface area (Å²) in [5.74, 6) is -0.309. The predicted molar refractivity (Wildman–Crippen MR) is 85.1 cm³/mol. The largest absolute Gasteiger partial charge is 0.307 e. The Labute approximate surface area is 129 Å². The first kappa shape index (κ1) is 14.3. The van der Waals surface area contributed by atoms with Gasteiger partial charge in [0.05, 0.1) is 6.04 Å². The zero-order valence-electron chi connectivity index (χ0n) is 12.3. The third-order valence-electron chi connectivity index (χ3n) is 4.02. The molecule has 2 aromatic rings. The minimum absolute atomic E-state index is 0.0472. The number of ketones is 1. The molecular weight excluding hydrogens is 274 g/mol. The van der Waals surface area contributed by atoms with Crippen molar-refractivity contribution in [3.05, 3.63) is 84.1 Å². The smallest absolute Gasteiger partial charge is 0.258 e. The first-order valence-corrected chi connectivity index (χ1v) is 7.33. The van der Waals surface area contributed by atoms with Gasteiger partial charge in [0.1, 0.15) is 0 Å². The Bertz CT molecular complexity index is 707. The second-order valence-corrected chi connectivity index (χ2v) is 5.44. The summed E-state index contributed by atoms with van der Waals surface area (Å²) in [6, 6.07) is 18.6. The van der Waals surface area contributed by atoms with E-state index in [0.717, 1.165) is 5.56 Å². The molecule has 0 N–H and O–H groups in total. The summed E-state index contributed by atoms with van der Waals surface area (Å²) < 4.78 is 0. The molecule has 0 bridgehead atoms. The van der Waals surface area contributed by atoms with Crippen molar-refractivity contribution in [1.29, 1.82) is 0 Å². The molecule has 110 valence electrons. The first-order valence-electron chi connectivity index (χ1n) is 7.33. The van der Waals surface area contributed by atoms with Gasteiger partial charge >= 0.3 is 0 Å². The molecule has 0 unspecified atom stereocenters. The summed E-state index contributed by atoms with van der Waals surface area (Å²) in [7, 11) is 0. The lowest BCUT2D eigenvalue weighted by Gasteiger charge is -2.35. The maximum Gasteiger partial charge on any atom is 0.258 e. The summed E-state index contributed by atoms with van der Waals surface area (Å²) in [6.07, 6.45) is 3.10. The van der Waals surface area contributed by atoms with Crippen LogP contribution >= 0.6 is 0 Å². The topological polar surface area (TPSA) is 37.4 Å². The molecule has 3 heteroatoms. The van der Waals surface area contributed by atoms with Crippen LogP contribution in [0.25, 0.3) is 0 Å². The summed E-state index contributed by atoms with van der Waals surface area (Å²) in [6.45, 7) is 1.87. The maximum absolute atomic E-state index is 12.8. The van der Waals surface area contributed by atoms with E-state index in [0.29, 0.717) is 5.56 Å². The highest BCUT2D eigenvalue weighted by Gasteiger charge is 2.35. The van der Waals surface area contributed by atoms with E-state index in [1.165, 1.54) is 6.08 Å². The van der Waals surface area contributed by atoms with Crippen LogP contribution in [0.4, 0.5) is 0 Å². The van der Waals surface area contributed by atoms with Gasteiger partial charge in [0.2, 0.25) is 0 Å². The van der Waals surface area contributed by atoms with Gasteiger partial charge in [0.25, 0.3) is 5.91 Å². The van der Waals surface area contributed by atoms with Crippen molar-refractivity contribution in [1.82, 2.24) is 4.90 Å². The lowest BCUT2D eigenvalue weighted by atomic mass is 9.87. The van der Waals surface area contributed by atoms with E-state index >= 15 is 0 Å². The second kappa shape index (κ2) is 5.98. The number of amides is 1. The molecule has 0 aliphatic carbocycles. The van der Waals surface area contributed by atoms with Crippen molar-refractivity contribution in [2.24, 2.45) is 5.92 Å². The zero-order chi connectivity index (χ0) is 15.5. The number of carbonyl (C=O) groups excluding carboxylic acids is 2. The molecule has 3 rings (SSSR count). The highest BCUT2D eigenvalue weighted by molar-refractivity contribution is 5.99. The van der Waals surface area contributed by atoms with Gasteiger partial charge in [-0.05, 0) is 23.8 Å². The van der Waals surface area contributed by atoms with E-state index in [1.54, 1.807) is 23.2 Å². The van der Waals surface area contributed by atoms with Gasteiger partial charge < -0.3 is 4.90 Å². The summed E-state index contributed by atoms with van der Waals surface area (Å²) >= 11 is 0. The normalized spacial score (nSPS) is 21.0.